The lowest BCUT2D eigenvalue weighted by Gasteiger charge is -2.25. The van der Waals surface area contributed by atoms with Crippen molar-refractivity contribution >= 4 is 11.6 Å². The van der Waals surface area contributed by atoms with Crippen molar-refractivity contribution in [2.75, 3.05) is 25.6 Å². The van der Waals surface area contributed by atoms with E-state index in [1.54, 1.807) is 7.11 Å². The van der Waals surface area contributed by atoms with Crippen LogP contribution in [0.1, 0.15) is 35.0 Å². The molecular weight excluding hydrogens is 318 g/mol. The summed E-state index contributed by atoms with van der Waals surface area (Å²) in [6.07, 6.45) is 1.02. The molecule has 1 amide bonds. The van der Waals surface area contributed by atoms with Crippen molar-refractivity contribution in [2.45, 2.75) is 39.3 Å². The molecule has 0 saturated heterocycles. The van der Waals surface area contributed by atoms with E-state index in [9.17, 15) is 4.79 Å². The minimum atomic E-state index is -0.186. The summed E-state index contributed by atoms with van der Waals surface area (Å²) >= 11 is 0. The van der Waals surface area contributed by atoms with Crippen LogP contribution in [-0.2, 0) is 27.2 Å². The maximum Gasteiger partial charge on any atom is 0.227 e. The van der Waals surface area contributed by atoms with Gasteiger partial charge in [0.05, 0.1) is 49.4 Å². The van der Waals surface area contributed by atoms with Crippen LogP contribution in [0, 0.1) is 13.8 Å². The fraction of sp³-hybridized carbons (Fsp3) is 0.474. The predicted molar refractivity (Wildman–Crippen MR) is 95.7 cm³/mol. The van der Waals surface area contributed by atoms with Crippen molar-refractivity contribution in [3.63, 3.8) is 0 Å². The number of fused-ring (bicyclic) bond motifs is 1. The van der Waals surface area contributed by atoms with Crippen LogP contribution in [0.5, 0.6) is 0 Å². The number of rotatable bonds is 6. The molecule has 0 saturated carbocycles. The van der Waals surface area contributed by atoms with Gasteiger partial charge in [-0.1, -0.05) is 24.3 Å². The van der Waals surface area contributed by atoms with E-state index in [0.29, 0.717) is 26.2 Å². The topological polar surface area (TPSA) is 65.4 Å². The number of nitrogens with one attached hydrogen (secondary N) is 1. The second kappa shape index (κ2) is 7.80. The van der Waals surface area contributed by atoms with Crippen LogP contribution in [0.3, 0.4) is 0 Å². The molecular formula is C19H25N3O3. The molecule has 2 heterocycles. The number of aryl methyl sites for hydroxylation is 1. The molecule has 0 spiro atoms. The van der Waals surface area contributed by atoms with Gasteiger partial charge in [-0.3, -0.25) is 9.48 Å². The van der Waals surface area contributed by atoms with Crippen LogP contribution >= 0.6 is 0 Å². The van der Waals surface area contributed by atoms with E-state index in [1.807, 2.05) is 36.7 Å². The molecule has 134 valence electrons. The molecule has 0 bridgehead atoms. The standard InChI is InChI=1S/C19H25N3O3/c1-13-19(14(2)22(21-13)9-11-24-3)20-18(23)12-17-16-7-5-4-6-15(16)8-10-25-17/h4-7,17H,8-12H2,1-3H3,(H,20,23)/t17-/m1/s1. The van der Waals surface area contributed by atoms with Crippen LogP contribution in [0.25, 0.3) is 0 Å². The van der Waals surface area contributed by atoms with Crippen LogP contribution < -0.4 is 5.32 Å². The highest BCUT2D eigenvalue weighted by atomic mass is 16.5. The maximum absolute atomic E-state index is 12.6. The van der Waals surface area contributed by atoms with Crippen molar-refractivity contribution in [3.8, 4) is 0 Å². The summed E-state index contributed by atoms with van der Waals surface area (Å²) in [7, 11) is 1.66. The molecule has 6 heteroatoms. The number of carbonyl (C=O) groups excluding carboxylic acids is 1. The molecule has 0 unspecified atom stereocenters. The lowest BCUT2D eigenvalue weighted by atomic mass is 9.95. The SMILES string of the molecule is COCCn1nc(C)c(NC(=O)C[C@H]2OCCc3ccccc32)c1C. The number of nitrogens with zero attached hydrogens (tertiary/aromatic N) is 2. The summed E-state index contributed by atoms with van der Waals surface area (Å²) in [5.41, 5.74) is 4.92. The molecule has 1 aliphatic heterocycles. The fourth-order valence-corrected chi connectivity index (χ4v) is 3.28. The monoisotopic (exact) mass is 343 g/mol. The predicted octanol–water partition coefficient (Wildman–Crippen LogP) is 2.79. The largest absolute Gasteiger partial charge is 0.383 e. The molecule has 0 fully saturated rings. The lowest BCUT2D eigenvalue weighted by molar-refractivity contribution is -0.119. The number of carbonyl (C=O) groups is 1. The second-order valence-corrected chi connectivity index (χ2v) is 6.32. The lowest BCUT2D eigenvalue weighted by Crippen LogP contribution is -2.22. The number of benzene rings is 1. The Kier molecular flexibility index (Phi) is 5.50. The van der Waals surface area contributed by atoms with Gasteiger partial charge in [-0.05, 0) is 31.4 Å². The first-order valence-corrected chi connectivity index (χ1v) is 8.62. The fourth-order valence-electron chi connectivity index (χ4n) is 3.28. The molecule has 2 aromatic rings. The Balaban J connectivity index is 1.69. The van der Waals surface area contributed by atoms with Gasteiger partial charge in [-0.15, -0.1) is 0 Å². The number of anilines is 1. The third-order valence-electron chi connectivity index (χ3n) is 4.62. The first-order chi connectivity index (χ1) is 12.1. The van der Waals surface area contributed by atoms with E-state index >= 15 is 0 Å². The summed E-state index contributed by atoms with van der Waals surface area (Å²) in [4.78, 5) is 12.6. The average Bonchev–Trinajstić information content (AvgIpc) is 2.88. The average molecular weight is 343 g/mol. The van der Waals surface area contributed by atoms with Crippen LogP contribution in [-0.4, -0.2) is 36.0 Å². The number of amides is 1. The van der Waals surface area contributed by atoms with Crippen LogP contribution in [0.2, 0.25) is 0 Å². The van der Waals surface area contributed by atoms with E-state index in [4.69, 9.17) is 9.47 Å². The highest BCUT2D eigenvalue weighted by Gasteiger charge is 2.24. The first-order valence-electron chi connectivity index (χ1n) is 8.62. The zero-order valence-electron chi connectivity index (χ0n) is 15.0. The van der Waals surface area contributed by atoms with Gasteiger partial charge in [-0.2, -0.15) is 5.10 Å². The molecule has 6 nitrogen and oxygen atoms in total. The summed E-state index contributed by atoms with van der Waals surface area (Å²) in [5, 5.41) is 7.48. The molecule has 25 heavy (non-hydrogen) atoms. The highest BCUT2D eigenvalue weighted by Crippen LogP contribution is 2.30. The minimum Gasteiger partial charge on any atom is -0.383 e. The van der Waals surface area contributed by atoms with Crippen molar-refractivity contribution in [2.24, 2.45) is 0 Å². The Morgan fingerprint density at radius 2 is 2.20 bits per heavy atom. The normalized spacial score (nSPS) is 16.5. The molecule has 1 aromatic carbocycles. The first kappa shape index (κ1) is 17.6. The Morgan fingerprint density at radius 1 is 1.40 bits per heavy atom. The number of ether oxygens (including phenoxy) is 2. The Morgan fingerprint density at radius 3 is 3.00 bits per heavy atom. The molecule has 0 radical (unpaired) electrons. The zero-order chi connectivity index (χ0) is 17.8. The van der Waals surface area contributed by atoms with Crippen molar-refractivity contribution in [3.05, 3.63) is 46.8 Å². The summed E-state index contributed by atoms with van der Waals surface area (Å²) in [6, 6.07) is 8.18. The molecule has 0 aliphatic carbocycles. The highest BCUT2D eigenvalue weighted by molar-refractivity contribution is 5.92. The van der Waals surface area contributed by atoms with Crippen LogP contribution in [0.15, 0.2) is 24.3 Å². The molecule has 1 N–H and O–H groups in total. The van der Waals surface area contributed by atoms with Crippen molar-refractivity contribution < 1.29 is 14.3 Å². The smallest absolute Gasteiger partial charge is 0.227 e. The van der Waals surface area contributed by atoms with E-state index in [0.717, 1.165) is 29.1 Å². The quantitative estimate of drug-likeness (QED) is 0.876. The minimum absolute atomic E-state index is 0.0563. The van der Waals surface area contributed by atoms with E-state index in [1.165, 1.54) is 5.56 Å². The van der Waals surface area contributed by atoms with Gasteiger partial charge in [0.1, 0.15) is 0 Å². The van der Waals surface area contributed by atoms with Crippen LogP contribution in [0.4, 0.5) is 5.69 Å². The number of hydrogen-bond donors (Lipinski definition) is 1. The van der Waals surface area contributed by atoms with E-state index in [-0.39, 0.29) is 12.0 Å². The van der Waals surface area contributed by atoms with Gasteiger partial charge in [0, 0.05) is 7.11 Å². The number of hydrogen-bond acceptors (Lipinski definition) is 4. The summed E-state index contributed by atoms with van der Waals surface area (Å²) in [5.74, 6) is -0.0563. The van der Waals surface area contributed by atoms with Gasteiger partial charge in [0.15, 0.2) is 0 Å². The third-order valence-corrected chi connectivity index (χ3v) is 4.62. The van der Waals surface area contributed by atoms with Gasteiger partial charge < -0.3 is 14.8 Å². The van der Waals surface area contributed by atoms with E-state index < -0.39 is 0 Å². The Bertz CT molecular complexity index is 754. The molecule has 3 rings (SSSR count). The second-order valence-electron chi connectivity index (χ2n) is 6.32. The third kappa shape index (κ3) is 3.91. The molecule has 1 atom stereocenters. The summed E-state index contributed by atoms with van der Waals surface area (Å²) in [6.45, 7) is 5.76. The Hall–Kier alpha value is -2.18. The Labute approximate surface area is 148 Å². The number of aromatic nitrogens is 2. The zero-order valence-corrected chi connectivity index (χ0v) is 15.0. The van der Waals surface area contributed by atoms with Crippen molar-refractivity contribution in [1.82, 2.24) is 9.78 Å². The number of methoxy groups -OCH3 is 1. The van der Waals surface area contributed by atoms with Gasteiger partial charge >= 0.3 is 0 Å². The van der Waals surface area contributed by atoms with Gasteiger partial charge in [0.2, 0.25) is 5.91 Å². The van der Waals surface area contributed by atoms with Gasteiger partial charge in [0.25, 0.3) is 0 Å². The summed E-state index contributed by atoms with van der Waals surface area (Å²) < 4.78 is 12.8. The van der Waals surface area contributed by atoms with E-state index in [2.05, 4.69) is 16.5 Å². The van der Waals surface area contributed by atoms with Gasteiger partial charge in [-0.25, -0.2) is 0 Å². The molecule has 1 aromatic heterocycles. The molecule has 1 aliphatic rings. The van der Waals surface area contributed by atoms with Crippen molar-refractivity contribution in [1.29, 1.82) is 0 Å². The maximum atomic E-state index is 12.6.